The van der Waals surface area contributed by atoms with Gasteiger partial charge in [0.15, 0.2) is 5.78 Å². The Bertz CT molecular complexity index is 401. The molecule has 3 heterocycles. The van der Waals surface area contributed by atoms with Gasteiger partial charge in [0.25, 0.3) is 0 Å². The predicted molar refractivity (Wildman–Crippen MR) is 58.2 cm³/mol. The summed E-state index contributed by atoms with van der Waals surface area (Å²) in [6.45, 7) is 0. The molecule has 0 aromatic carbocycles. The average molecular weight is 220 g/mol. The van der Waals surface area contributed by atoms with E-state index in [-0.39, 0.29) is 11.7 Å². The summed E-state index contributed by atoms with van der Waals surface area (Å²) < 4.78 is 7.43. The monoisotopic (exact) mass is 220 g/mol. The molecule has 0 N–H and O–H groups in total. The minimum absolute atomic E-state index is 0.149. The second-order valence-corrected chi connectivity index (χ2v) is 4.89. The Kier molecular flexibility index (Phi) is 2.32. The number of fused-ring (bicyclic) bond motifs is 2. The van der Waals surface area contributed by atoms with Gasteiger partial charge in [-0.25, -0.2) is 0 Å². The van der Waals surface area contributed by atoms with Gasteiger partial charge in [-0.1, -0.05) is 0 Å². The summed E-state index contributed by atoms with van der Waals surface area (Å²) in [5.41, 5.74) is 0.744. The van der Waals surface area contributed by atoms with Crippen LogP contribution in [0.15, 0.2) is 12.4 Å². The Balaban J connectivity index is 1.76. The molecule has 0 aliphatic carbocycles. The van der Waals surface area contributed by atoms with E-state index in [2.05, 4.69) is 5.10 Å². The van der Waals surface area contributed by atoms with Crippen molar-refractivity contribution in [1.82, 2.24) is 9.78 Å². The number of ether oxygens (including phenoxy) is 1. The van der Waals surface area contributed by atoms with Gasteiger partial charge in [0, 0.05) is 19.2 Å². The Morgan fingerprint density at radius 1 is 1.44 bits per heavy atom. The number of hydrogen-bond acceptors (Lipinski definition) is 3. The molecule has 0 saturated carbocycles. The highest BCUT2D eigenvalue weighted by Crippen LogP contribution is 2.37. The SMILES string of the molecule is Cn1cc(C(=O)C2CC3CCC(C2)O3)cn1. The minimum Gasteiger partial charge on any atom is -0.375 e. The summed E-state index contributed by atoms with van der Waals surface area (Å²) in [6, 6.07) is 0. The zero-order valence-corrected chi connectivity index (χ0v) is 9.43. The number of Topliss-reactive ketones (excluding diaryl/α,β-unsaturated/α-hetero) is 1. The number of rotatable bonds is 2. The maximum absolute atomic E-state index is 12.2. The topological polar surface area (TPSA) is 44.1 Å². The Morgan fingerprint density at radius 3 is 2.69 bits per heavy atom. The molecule has 3 rings (SSSR count). The van der Waals surface area contributed by atoms with Crippen molar-refractivity contribution in [3.63, 3.8) is 0 Å². The van der Waals surface area contributed by atoms with Crippen LogP contribution in [-0.4, -0.2) is 27.8 Å². The summed E-state index contributed by atoms with van der Waals surface area (Å²) in [6.07, 6.45) is 8.16. The summed E-state index contributed by atoms with van der Waals surface area (Å²) >= 11 is 0. The van der Waals surface area contributed by atoms with Crippen LogP contribution >= 0.6 is 0 Å². The van der Waals surface area contributed by atoms with Crippen molar-refractivity contribution in [1.29, 1.82) is 0 Å². The van der Waals surface area contributed by atoms with Gasteiger partial charge < -0.3 is 4.74 Å². The fraction of sp³-hybridized carbons (Fsp3) is 0.667. The summed E-state index contributed by atoms with van der Waals surface area (Å²) in [4.78, 5) is 12.2. The highest BCUT2D eigenvalue weighted by Gasteiger charge is 2.38. The van der Waals surface area contributed by atoms with Crippen LogP contribution in [0.1, 0.15) is 36.0 Å². The number of ketones is 1. The predicted octanol–water partition coefficient (Wildman–Crippen LogP) is 1.56. The zero-order chi connectivity index (χ0) is 11.1. The second kappa shape index (κ2) is 3.70. The van der Waals surface area contributed by atoms with E-state index in [1.54, 1.807) is 17.1 Å². The Morgan fingerprint density at radius 2 is 2.12 bits per heavy atom. The molecule has 4 nitrogen and oxygen atoms in total. The Labute approximate surface area is 94.6 Å². The number of carbonyl (C=O) groups excluding carboxylic acids is 1. The molecule has 2 unspecified atom stereocenters. The van der Waals surface area contributed by atoms with Gasteiger partial charge in [0.1, 0.15) is 0 Å². The minimum atomic E-state index is 0.149. The smallest absolute Gasteiger partial charge is 0.169 e. The number of hydrogen-bond donors (Lipinski definition) is 0. The van der Waals surface area contributed by atoms with E-state index >= 15 is 0 Å². The second-order valence-electron chi connectivity index (χ2n) is 4.89. The molecule has 16 heavy (non-hydrogen) atoms. The third-order valence-corrected chi connectivity index (χ3v) is 3.65. The van der Waals surface area contributed by atoms with E-state index in [0.29, 0.717) is 12.2 Å². The molecule has 2 aliphatic heterocycles. The molecule has 2 bridgehead atoms. The summed E-state index contributed by atoms with van der Waals surface area (Å²) in [5, 5.41) is 4.05. The standard InChI is InChI=1S/C12H16N2O2/c1-14-7-9(6-13-14)12(15)8-4-10-2-3-11(5-8)16-10/h6-8,10-11H,2-5H2,1H3. The summed E-state index contributed by atoms with van der Waals surface area (Å²) in [7, 11) is 1.84. The fourth-order valence-electron chi connectivity index (χ4n) is 2.86. The molecule has 2 atom stereocenters. The van der Waals surface area contributed by atoms with Crippen molar-refractivity contribution in [3.05, 3.63) is 18.0 Å². The molecule has 86 valence electrons. The number of aromatic nitrogens is 2. The van der Waals surface area contributed by atoms with Crippen LogP contribution in [0, 0.1) is 5.92 Å². The van der Waals surface area contributed by atoms with Crippen molar-refractivity contribution < 1.29 is 9.53 Å². The Hall–Kier alpha value is -1.16. The van der Waals surface area contributed by atoms with Crippen LogP contribution in [0.4, 0.5) is 0 Å². The first kappa shape index (κ1) is 10.0. The molecule has 1 aromatic rings. The van der Waals surface area contributed by atoms with E-state index in [1.165, 1.54) is 0 Å². The molecular weight excluding hydrogens is 204 g/mol. The number of aryl methyl sites for hydroxylation is 1. The largest absolute Gasteiger partial charge is 0.375 e. The molecule has 0 spiro atoms. The molecule has 2 fully saturated rings. The van der Waals surface area contributed by atoms with Crippen molar-refractivity contribution in [2.24, 2.45) is 13.0 Å². The number of nitrogens with zero attached hydrogens (tertiary/aromatic N) is 2. The zero-order valence-electron chi connectivity index (χ0n) is 9.43. The molecule has 0 amide bonds. The lowest BCUT2D eigenvalue weighted by Gasteiger charge is -2.26. The first-order valence-corrected chi connectivity index (χ1v) is 5.90. The van der Waals surface area contributed by atoms with Crippen molar-refractivity contribution >= 4 is 5.78 Å². The fourth-order valence-corrected chi connectivity index (χ4v) is 2.86. The lowest BCUT2D eigenvalue weighted by atomic mass is 9.89. The lowest BCUT2D eigenvalue weighted by Crippen LogP contribution is -2.29. The average Bonchev–Trinajstić information content (AvgIpc) is 2.84. The third kappa shape index (κ3) is 1.67. The normalized spacial score (nSPS) is 32.9. The van der Waals surface area contributed by atoms with Crippen LogP contribution < -0.4 is 0 Å². The highest BCUT2D eigenvalue weighted by molar-refractivity contribution is 5.97. The van der Waals surface area contributed by atoms with Crippen LogP contribution in [0.3, 0.4) is 0 Å². The first-order chi connectivity index (χ1) is 7.72. The first-order valence-electron chi connectivity index (χ1n) is 5.90. The van der Waals surface area contributed by atoms with E-state index in [1.807, 2.05) is 7.05 Å². The van der Waals surface area contributed by atoms with E-state index in [0.717, 1.165) is 31.2 Å². The molecule has 2 aliphatic rings. The van der Waals surface area contributed by atoms with Crippen molar-refractivity contribution in [2.75, 3.05) is 0 Å². The van der Waals surface area contributed by atoms with Gasteiger partial charge in [0.05, 0.1) is 24.0 Å². The molecule has 2 saturated heterocycles. The van der Waals surface area contributed by atoms with Crippen molar-refractivity contribution in [3.8, 4) is 0 Å². The van der Waals surface area contributed by atoms with Crippen LogP contribution in [0.25, 0.3) is 0 Å². The van der Waals surface area contributed by atoms with Crippen LogP contribution in [-0.2, 0) is 11.8 Å². The van der Waals surface area contributed by atoms with Gasteiger partial charge >= 0.3 is 0 Å². The summed E-state index contributed by atoms with van der Waals surface area (Å²) in [5.74, 6) is 0.392. The van der Waals surface area contributed by atoms with Crippen LogP contribution in [0.5, 0.6) is 0 Å². The van der Waals surface area contributed by atoms with Gasteiger partial charge in [-0.15, -0.1) is 0 Å². The molecular formula is C12H16N2O2. The van der Waals surface area contributed by atoms with E-state index in [4.69, 9.17) is 4.74 Å². The third-order valence-electron chi connectivity index (χ3n) is 3.65. The lowest BCUT2D eigenvalue weighted by molar-refractivity contribution is -0.0149. The molecule has 1 aromatic heterocycles. The van der Waals surface area contributed by atoms with Crippen LogP contribution in [0.2, 0.25) is 0 Å². The van der Waals surface area contributed by atoms with E-state index in [9.17, 15) is 4.79 Å². The molecule has 4 heteroatoms. The van der Waals surface area contributed by atoms with Gasteiger partial charge in [-0.05, 0) is 25.7 Å². The maximum atomic E-state index is 12.2. The van der Waals surface area contributed by atoms with Gasteiger partial charge in [-0.2, -0.15) is 5.10 Å². The highest BCUT2D eigenvalue weighted by atomic mass is 16.5. The van der Waals surface area contributed by atoms with Gasteiger partial charge in [-0.3, -0.25) is 9.48 Å². The van der Waals surface area contributed by atoms with E-state index < -0.39 is 0 Å². The van der Waals surface area contributed by atoms with Gasteiger partial charge in [0.2, 0.25) is 0 Å². The quantitative estimate of drug-likeness (QED) is 0.710. The maximum Gasteiger partial charge on any atom is 0.169 e. The molecule has 0 radical (unpaired) electrons. The number of carbonyl (C=O) groups is 1. The van der Waals surface area contributed by atoms with Crippen molar-refractivity contribution in [2.45, 2.75) is 37.9 Å².